The van der Waals surface area contributed by atoms with Crippen molar-refractivity contribution in [2.75, 3.05) is 13.2 Å². The summed E-state index contributed by atoms with van der Waals surface area (Å²) < 4.78 is 24.8. The van der Waals surface area contributed by atoms with Gasteiger partial charge in [-0.25, -0.2) is 9.18 Å². The van der Waals surface area contributed by atoms with Crippen molar-refractivity contribution in [2.45, 2.75) is 26.2 Å². The summed E-state index contributed by atoms with van der Waals surface area (Å²) in [4.78, 5) is 10.8. The maximum atomic E-state index is 13.6. The van der Waals surface area contributed by atoms with Gasteiger partial charge in [0.15, 0.2) is 0 Å². The Morgan fingerprint density at radius 2 is 2.15 bits per heavy atom. The van der Waals surface area contributed by atoms with E-state index in [4.69, 9.17) is 14.4 Å². The minimum absolute atomic E-state index is 0.342. The second-order valence-electron chi connectivity index (χ2n) is 5.05. The molecule has 1 heterocycles. The molecule has 1 aliphatic rings. The summed E-state index contributed by atoms with van der Waals surface area (Å²) in [5.74, 6) is -1.66. The molecule has 0 amide bonds. The van der Waals surface area contributed by atoms with Gasteiger partial charge in [0.25, 0.3) is 0 Å². The molecule has 0 radical (unpaired) electrons. The molecule has 1 aromatic rings. The van der Waals surface area contributed by atoms with E-state index in [1.165, 1.54) is 18.2 Å². The van der Waals surface area contributed by atoms with Crippen LogP contribution in [0.2, 0.25) is 0 Å². The normalized spacial score (nSPS) is 16.4. The Bertz CT molecular complexity index is 472. The summed E-state index contributed by atoms with van der Waals surface area (Å²) >= 11 is 0. The van der Waals surface area contributed by atoms with E-state index < -0.39 is 18.9 Å². The molecule has 1 aromatic carbocycles. The van der Waals surface area contributed by atoms with Crippen LogP contribution in [0.5, 0.6) is 0 Å². The minimum Gasteiger partial charge on any atom is -0.478 e. The third kappa shape index (κ3) is 3.58. The number of carboxylic acid groups (broad SMARTS) is 1. The third-order valence-corrected chi connectivity index (χ3v) is 3.43. The van der Waals surface area contributed by atoms with Crippen molar-refractivity contribution in [1.82, 2.24) is 0 Å². The fourth-order valence-electron chi connectivity index (χ4n) is 2.25. The molecule has 1 saturated heterocycles. The van der Waals surface area contributed by atoms with Gasteiger partial charge in [-0.3, -0.25) is 0 Å². The highest BCUT2D eigenvalue weighted by atomic mass is 19.1. The molecule has 6 heteroatoms. The number of carbonyl (C=O) groups is 1. The van der Waals surface area contributed by atoms with Gasteiger partial charge in [0.1, 0.15) is 5.82 Å². The maximum absolute atomic E-state index is 13.6. The Hall–Kier alpha value is -1.40. The predicted octanol–water partition coefficient (Wildman–Crippen LogP) is 2.07. The zero-order valence-electron chi connectivity index (χ0n) is 11.5. The van der Waals surface area contributed by atoms with Crippen molar-refractivity contribution in [1.29, 1.82) is 0 Å². The van der Waals surface area contributed by atoms with Crippen LogP contribution in [0, 0.1) is 11.7 Å². The molecule has 0 atom stereocenters. The smallest absolute Gasteiger partial charge is 0.478 e. The van der Waals surface area contributed by atoms with Gasteiger partial charge in [0.2, 0.25) is 0 Å². The van der Waals surface area contributed by atoms with Gasteiger partial charge < -0.3 is 14.4 Å². The van der Waals surface area contributed by atoms with E-state index in [-0.39, 0.29) is 5.56 Å². The van der Waals surface area contributed by atoms with Crippen LogP contribution < -0.4 is 5.46 Å². The van der Waals surface area contributed by atoms with E-state index in [2.05, 4.69) is 6.92 Å². The topological polar surface area (TPSA) is 55.8 Å². The molecule has 2 rings (SSSR count). The minimum atomic E-state index is -1.28. The highest BCUT2D eigenvalue weighted by Gasteiger charge is 2.29. The molecule has 0 unspecified atom stereocenters. The molecule has 1 fully saturated rings. The van der Waals surface area contributed by atoms with Crippen LogP contribution in [-0.4, -0.2) is 31.4 Å². The lowest BCUT2D eigenvalue weighted by Crippen LogP contribution is -2.44. The van der Waals surface area contributed by atoms with Crippen molar-refractivity contribution >= 4 is 18.6 Å². The van der Waals surface area contributed by atoms with E-state index in [0.717, 1.165) is 19.3 Å². The fourth-order valence-corrected chi connectivity index (χ4v) is 2.25. The van der Waals surface area contributed by atoms with Crippen LogP contribution in [0.3, 0.4) is 0 Å². The molecule has 108 valence electrons. The van der Waals surface area contributed by atoms with Gasteiger partial charge in [-0.1, -0.05) is 25.8 Å². The Morgan fingerprint density at radius 1 is 1.45 bits per heavy atom. The third-order valence-electron chi connectivity index (χ3n) is 3.43. The van der Waals surface area contributed by atoms with Gasteiger partial charge in [0.05, 0.1) is 5.56 Å². The standard InChI is InChI=1S/C14H18BFO4/c1-2-3-4-10-8-19-15(20-9-10)11-5-6-12(14(17)18)13(16)7-11/h5-7,10H,2-4,8-9H2,1H3,(H,17,18). The first-order valence-electron chi connectivity index (χ1n) is 6.87. The molecule has 20 heavy (non-hydrogen) atoms. The first-order chi connectivity index (χ1) is 9.61. The van der Waals surface area contributed by atoms with Crippen LogP contribution in [-0.2, 0) is 9.31 Å². The maximum Gasteiger partial charge on any atom is 0.493 e. The molecule has 0 aromatic heterocycles. The number of halogens is 1. The van der Waals surface area contributed by atoms with E-state index >= 15 is 0 Å². The summed E-state index contributed by atoms with van der Waals surface area (Å²) in [6, 6.07) is 3.94. The lowest BCUT2D eigenvalue weighted by atomic mass is 9.77. The molecule has 0 saturated carbocycles. The van der Waals surface area contributed by atoms with Crippen molar-refractivity contribution in [3.05, 3.63) is 29.6 Å². The highest BCUT2D eigenvalue weighted by Crippen LogP contribution is 2.16. The quantitative estimate of drug-likeness (QED) is 0.839. The van der Waals surface area contributed by atoms with Gasteiger partial charge in [-0.15, -0.1) is 0 Å². The first-order valence-corrected chi connectivity index (χ1v) is 6.87. The lowest BCUT2D eigenvalue weighted by Gasteiger charge is -2.27. The molecule has 1 N–H and O–H groups in total. The number of hydrogen-bond acceptors (Lipinski definition) is 3. The van der Waals surface area contributed by atoms with Crippen LogP contribution in [0.1, 0.15) is 36.5 Å². The number of carboxylic acids is 1. The molecule has 0 spiro atoms. The summed E-state index contributed by atoms with van der Waals surface area (Å²) in [5.41, 5.74) is 0.173. The van der Waals surface area contributed by atoms with Crippen LogP contribution in [0.15, 0.2) is 18.2 Å². The lowest BCUT2D eigenvalue weighted by molar-refractivity contribution is 0.0691. The van der Waals surface area contributed by atoms with E-state index in [1.807, 2.05) is 0 Å². The predicted molar refractivity (Wildman–Crippen MR) is 73.7 cm³/mol. The summed E-state index contributed by atoms with van der Waals surface area (Å²) in [5, 5.41) is 8.78. The van der Waals surface area contributed by atoms with Gasteiger partial charge in [0, 0.05) is 19.1 Å². The number of aromatic carboxylic acids is 1. The summed E-state index contributed by atoms with van der Waals surface area (Å²) in [6.45, 7) is 3.32. The van der Waals surface area contributed by atoms with Crippen molar-refractivity contribution in [3.63, 3.8) is 0 Å². The molecule has 4 nitrogen and oxygen atoms in total. The van der Waals surface area contributed by atoms with E-state index in [0.29, 0.717) is 24.6 Å². The summed E-state index contributed by atoms with van der Waals surface area (Å²) in [7, 11) is -0.606. The van der Waals surface area contributed by atoms with Gasteiger partial charge in [-0.2, -0.15) is 0 Å². The largest absolute Gasteiger partial charge is 0.493 e. The number of unbranched alkanes of at least 4 members (excludes halogenated alkanes) is 1. The molecular formula is C14H18BFO4. The molecule has 1 aliphatic heterocycles. The number of hydrogen-bond donors (Lipinski definition) is 1. The van der Waals surface area contributed by atoms with Gasteiger partial charge >= 0.3 is 13.1 Å². The first kappa shape index (κ1) is 15.0. The highest BCUT2D eigenvalue weighted by molar-refractivity contribution is 6.61. The average Bonchev–Trinajstić information content (AvgIpc) is 2.45. The number of rotatable bonds is 5. The zero-order chi connectivity index (χ0) is 14.5. The molecular weight excluding hydrogens is 262 g/mol. The van der Waals surface area contributed by atoms with Crippen molar-refractivity contribution < 1.29 is 23.6 Å². The van der Waals surface area contributed by atoms with E-state index in [1.54, 1.807) is 0 Å². The second-order valence-corrected chi connectivity index (χ2v) is 5.05. The zero-order valence-corrected chi connectivity index (χ0v) is 11.5. The molecule has 0 bridgehead atoms. The Balaban J connectivity index is 1.97. The van der Waals surface area contributed by atoms with Gasteiger partial charge in [-0.05, 0) is 24.0 Å². The summed E-state index contributed by atoms with van der Waals surface area (Å²) in [6.07, 6.45) is 3.35. The molecule has 0 aliphatic carbocycles. The SMILES string of the molecule is CCCCC1COB(c2ccc(C(=O)O)c(F)c2)OC1. The Kier molecular flexibility index (Phi) is 5.14. The van der Waals surface area contributed by atoms with Crippen LogP contribution in [0.4, 0.5) is 4.39 Å². The monoisotopic (exact) mass is 280 g/mol. The number of benzene rings is 1. The van der Waals surface area contributed by atoms with Crippen LogP contribution in [0.25, 0.3) is 0 Å². The average molecular weight is 280 g/mol. The fraction of sp³-hybridized carbons (Fsp3) is 0.500. The van der Waals surface area contributed by atoms with E-state index in [9.17, 15) is 9.18 Å². The van der Waals surface area contributed by atoms with Crippen LogP contribution >= 0.6 is 0 Å². The van der Waals surface area contributed by atoms with Crippen molar-refractivity contribution in [3.8, 4) is 0 Å². The van der Waals surface area contributed by atoms with Crippen molar-refractivity contribution in [2.24, 2.45) is 5.92 Å². The Morgan fingerprint density at radius 3 is 2.70 bits per heavy atom. The second kappa shape index (κ2) is 6.86. The Labute approximate surface area is 118 Å².